The van der Waals surface area contributed by atoms with Gasteiger partial charge in [-0.3, -0.25) is 9.59 Å². The summed E-state index contributed by atoms with van der Waals surface area (Å²) in [7, 11) is 0. The topological polar surface area (TPSA) is 72.9 Å². The molecule has 1 saturated heterocycles. The minimum absolute atomic E-state index is 0.266. The summed E-state index contributed by atoms with van der Waals surface area (Å²) in [6.45, 7) is 4.90. The van der Waals surface area contributed by atoms with Gasteiger partial charge in [0.15, 0.2) is 0 Å². The number of piperazine rings is 1. The van der Waals surface area contributed by atoms with Crippen molar-refractivity contribution in [2.24, 2.45) is 0 Å². The molecule has 122 valence electrons. The molecule has 1 atom stereocenters. The summed E-state index contributed by atoms with van der Waals surface area (Å²) in [5, 5.41) is 12.2. The normalized spacial score (nSPS) is 16.6. The van der Waals surface area contributed by atoms with Crippen LogP contribution in [0.25, 0.3) is 0 Å². The number of hydrogen-bond donors (Lipinski definition) is 2. The molecule has 1 aliphatic heterocycles. The minimum atomic E-state index is -0.567. The van der Waals surface area contributed by atoms with Crippen molar-refractivity contribution in [3.05, 3.63) is 50.8 Å². The van der Waals surface area contributed by atoms with Gasteiger partial charge in [0, 0.05) is 38.4 Å². The quantitative estimate of drug-likeness (QED) is 0.778. The Labute approximate surface area is 134 Å². The van der Waals surface area contributed by atoms with E-state index >= 15 is 0 Å². The van der Waals surface area contributed by atoms with Gasteiger partial charge < -0.3 is 20.2 Å². The molecular formula is C17H21N3O3. The zero-order chi connectivity index (χ0) is 16.4. The van der Waals surface area contributed by atoms with E-state index in [1.54, 1.807) is 6.92 Å². The largest absolute Gasteiger partial charge is 0.392 e. The van der Waals surface area contributed by atoms with Gasteiger partial charge in [-0.15, -0.1) is 0 Å². The number of para-hydroxylation sites is 1. The van der Waals surface area contributed by atoms with Crippen LogP contribution in [-0.2, 0) is 0 Å². The molecule has 1 aliphatic rings. The molecule has 23 heavy (non-hydrogen) atoms. The highest BCUT2D eigenvalue weighted by molar-refractivity contribution is 5.75. The van der Waals surface area contributed by atoms with Crippen LogP contribution in [0.5, 0.6) is 0 Å². The zero-order valence-electron chi connectivity index (χ0n) is 13.2. The molecule has 3 rings (SSSR count). The third kappa shape index (κ3) is 3.07. The van der Waals surface area contributed by atoms with Gasteiger partial charge >= 0.3 is 0 Å². The van der Waals surface area contributed by atoms with Crippen LogP contribution in [0.1, 0.15) is 6.92 Å². The number of nitrogens with one attached hydrogen (secondary N) is 1. The van der Waals surface area contributed by atoms with Crippen LogP contribution in [-0.4, -0.2) is 43.9 Å². The van der Waals surface area contributed by atoms with Gasteiger partial charge in [0.2, 0.25) is 0 Å². The van der Waals surface area contributed by atoms with Gasteiger partial charge in [-0.05, 0) is 19.1 Å². The molecule has 0 amide bonds. The first-order chi connectivity index (χ1) is 11.1. The molecular weight excluding hydrogens is 294 g/mol. The number of anilines is 3. The monoisotopic (exact) mass is 315 g/mol. The summed E-state index contributed by atoms with van der Waals surface area (Å²) in [6.07, 6.45) is -0.567. The first kappa shape index (κ1) is 15.6. The molecule has 0 bridgehead atoms. The highest BCUT2D eigenvalue weighted by Crippen LogP contribution is 2.23. The molecule has 6 heteroatoms. The van der Waals surface area contributed by atoms with Crippen LogP contribution < -0.4 is 26.0 Å². The summed E-state index contributed by atoms with van der Waals surface area (Å²) in [5.74, 6) is 0. The molecule has 0 radical (unpaired) electrons. The Kier molecular flexibility index (Phi) is 4.34. The Morgan fingerprint density at radius 2 is 1.65 bits per heavy atom. The second kappa shape index (κ2) is 6.42. The Morgan fingerprint density at radius 3 is 2.26 bits per heavy atom. The molecule has 6 nitrogen and oxygen atoms in total. The summed E-state index contributed by atoms with van der Waals surface area (Å²) in [6, 6.07) is 10.2. The first-order valence-corrected chi connectivity index (χ1v) is 7.88. The van der Waals surface area contributed by atoms with Crippen molar-refractivity contribution in [2.75, 3.05) is 47.8 Å². The second-order valence-electron chi connectivity index (χ2n) is 5.92. The molecule has 0 spiro atoms. The number of aliphatic hydroxyl groups excluding tert-OH is 1. The van der Waals surface area contributed by atoms with E-state index in [9.17, 15) is 14.7 Å². The fraction of sp³-hybridized carbons (Fsp3) is 0.412. The predicted molar refractivity (Wildman–Crippen MR) is 92.4 cm³/mol. The van der Waals surface area contributed by atoms with Gasteiger partial charge in [0.1, 0.15) is 11.4 Å². The van der Waals surface area contributed by atoms with Crippen LogP contribution in [0, 0.1) is 0 Å². The molecule has 0 saturated carbocycles. The van der Waals surface area contributed by atoms with Crippen LogP contribution in [0.15, 0.2) is 39.9 Å². The molecule has 2 N–H and O–H groups in total. The maximum atomic E-state index is 11.9. The predicted octanol–water partition coefficient (Wildman–Crippen LogP) is 0.402. The summed E-state index contributed by atoms with van der Waals surface area (Å²) in [4.78, 5) is 27.9. The van der Waals surface area contributed by atoms with Crippen LogP contribution in [0.4, 0.5) is 17.1 Å². The second-order valence-corrected chi connectivity index (χ2v) is 5.92. The standard InChI is InChI=1S/C17H21N3O3/c1-12(21)11-18-14-15(17(23)16(14)22)20-9-7-19(8-10-20)13-5-3-2-4-6-13/h2-6,12,18,21H,7-11H2,1H3/t12-/m1/s1. The Balaban J connectivity index is 1.67. The average molecular weight is 315 g/mol. The molecule has 0 unspecified atom stereocenters. The van der Waals surface area contributed by atoms with Crippen molar-refractivity contribution in [3.8, 4) is 0 Å². The van der Waals surface area contributed by atoms with E-state index in [0.717, 1.165) is 13.1 Å². The minimum Gasteiger partial charge on any atom is -0.392 e. The zero-order valence-corrected chi connectivity index (χ0v) is 13.2. The van der Waals surface area contributed by atoms with E-state index in [1.165, 1.54) is 5.69 Å². The van der Waals surface area contributed by atoms with Crippen LogP contribution in [0.2, 0.25) is 0 Å². The Bertz CT molecular complexity index is 727. The molecule has 1 fully saturated rings. The summed E-state index contributed by atoms with van der Waals surface area (Å²) < 4.78 is 0. The lowest BCUT2D eigenvalue weighted by molar-refractivity contribution is 0.208. The van der Waals surface area contributed by atoms with E-state index in [2.05, 4.69) is 22.3 Å². The average Bonchev–Trinajstić information content (AvgIpc) is 2.58. The lowest BCUT2D eigenvalue weighted by Gasteiger charge is -2.38. The third-order valence-corrected chi connectivity index (χ3v) is 4.18. The van der Waals surface area contributed by atoms with Crippen molar-refractivity contribution < 1.29 is 5.11 Å². The van der Waals surface area contributed by atoms with E-state index in [0.29, 0.717) is 24.5 Å². The number of benzene rings is 1. The van der Waals surface area contributed by atoms with E-state index in [4.69, 9.17) is 0 Å². The smallest absolute Gasteiger partial charge is 0.253 e. The molecule has 2 aromatic rings. The lowest BCUT2D eigenvalue weighted by atomic mass is 10.1. The number of hydrogen-bond acceptors (Lipinski definition) is 6. The van der Waals surface area contributed by atoms with Gasteiger partial charge in [-0.2, -0.15) is 0 Å². The highest BCUT2D eigenvalue weighted by atomic mass is 16.3. The van der Waals surface area contributed by atoms with Crippen molar-refractivity contribution in [1.82, 2.24) is 0 Å². The van der Waals surface area contributed by atoms with Crippen molar-refractivity contribution in [2.45, 2.75) is 13.0 Å². The lowest BCUT2D eigenvalue weighted by Crippen LogP contribution is -2.51. The first-order valence-electron chi connectivity index (χ1n) is 7.88. The molecule has 2 aromatic carbocycles. The SMILES string of the molecule is C[C@@H](O)CNc1c(N2CCN(c3ccccc3)CC2)c(=O)c1=O. The number of nitrogens with zero attached hydrogens (tertiary/aromatic N) is 2. The van der Waals surface area contributed by atoms with Gasteiger partial charge in [-0.1, -0.05) is 18.2 Å². The highest BCUT2D eigenvalue weighted by Gasteiger charge is 2.28. The number of rotatable bonds is 5. The Hall–Kier alpha value is -2.34. The van der Waals surface area contributed by atoms with Crippen molar-refractivity contribution in [3.63, 3.8) is 0 Å². The summed E-state index contributed by atoms with van der Waals surface area (Å²) in [5.41, 5.74) is 1.09. The molecule has 1 heterocycles. The fourth-order valence-electron chi connectivity index (χ4n) is 2.92. The molecule has 0 aromatic heterocycles. The fourth-order valence-corrected chi connectivity index (χ4v) is 2.92. The maximum absolute atomic E-state index is 11.9. The van der Waals surface area contributed by atoms with Crippen LogP contribution >= 0.6 is 0 Å². The van der Waals surface area contributed by atoms with Crippen LogP contribution in [0.3, 0.4) is 0 Å². The van der Waals surface area contributed by atoms with Crippen molar-refractivity contribution >= 4 is 17.1 Å². The maximum Gasteiger partial charge on any atom is 0.253 e. The van der Waals surface area contributed by atoms with Gasteiger partial charge in [-0.25, -0.2) is 0 Å². The van der Waals surface area contributed by atoms with Crippen molar-refractivity contribution in [1.29, 1.82) is 0 Å². The van der Waals surface area contributed by atoms with Gasteiger partial charge in [0.05, 0.1) is 6.10 Å². The van der Waals surface area contributed by atoms with E-state index < -0.39 is 17.0 Å². The molecule has 0 aliphatic carbocycles. The Morgan fingerprint density at radius 1 is 1.04 bits per heavy atom. The number of aliphatic hydroxyl groups is 1. The van der Waals surface area contributed by atoms with E-state index in [1.807, 2.05) is 23.1 Å². The summed E-state index contributed by atoms with van der Waals surface area (Å²) >= 11 is 0. The van der Waals surface area contributed by atoms with Gasteiger partial charge in [0.25, 0.3) is 10.9 Å². The third-order valence-electron chi connectivity index (χ3n) is 4.18. The van der Waals surface area contributed by atoms with E-state index in [-0.39, 0.29) is 6.54 Å².